The quantitative estimate of drug-likeness (QED) is 0.568. The van der Waals surface area contributed by atoms with Gasteiger partial charge in [0.05, 0.1) is 24.6 Å². The monoisotopic (exact) mass is 397 g/mol. The molecular formula is C21H20ClN3OS. The fourth-order valence-electron chi connectivity index (χ4n) is 2.97. The summed E-state index contributed by atoms with van der Waals surface area (Å²) in [7, 11) is 0. The Labute approximate surface area is 167 Å². The maximum absolute atomic E-state index is 6.04. The van der Waals surface area contributed by atoms with Crippen LogP contribution in [0.25, 0.3) is 11.3 Å². The number of aromatic nitrogens is 1. The molecule has 1 aromatic heterocycles. The van der Waals surface area contributed by atoms with Crippen LogP contribution >= 0.6 is 22.9 Å². The molecule has 1 aliphatic rings. The van der Waals surface area contributed by atoms with Crippen LogP contribution < -0.4 is 4.80 Å². The number of thiazole rings is 1. The summed E-state index contributed by atoms with van der Waals surface area (Å²) in [5, 5.41) is 7.52. The Morgan fingerprint density at radius 3 is 2.70 bits per heavy atom. The van der Waals surface area contributed by atoms with Gasteiger partial charge in [-0.1, -0.05) is 54.1 Å². The summed E-state index contributed by atoms with van der Waals surface area (Å²) in [6.07, 6.45) is 4.27. The molecule has 138 valence electrons. The van der Waals surface area contributed by atoms with Crippen molar-refractivity contribution in [2.24, 2.45) is 10.1 Å². The average molecular weight is 398 g/mol. The van der Waals surface area contributed by atoms with Crippen LogP contribution in [-0.4, -0.2) is 30.1 Å². The summed E-state index contributed by atoms with van der Waals surface area (Å²) in [5.41, 5.74) is 3.10. The van der Waals surface area contributed by atoms with Crippen molar-refractivity contribution in [1.82, 2.24) is 4.68 Å². The van der Waals surface area contributed by atoms with E-state index < -0.39 is 0 Å². The molecule has 3 aromatic rings. The second kappa shape index (κ2) is 8.65. The Balaban J connectivity index is 1.71. The van der Waals surface area contributed by atoms with Crippen LogP contribution in [0.2, 0.25) is 5.02 Å². The highest BCUT2D eigenvalue weighted by molar-refractivity contribution is 7.07. The van der Waals surface area contributed by atoms with E-state index >= 15 is 0 Å². The van der Waals surface area contributed by atoms with Crippen LogP contribution in [-0.2, 0) is 4.74 Å². The summed E-state index contributed by atoms with van der Waals surface area (Å²) in [6, 6.07) is 17.8. The molecular weight excluding hydrogens is 378 g/mol. The molecule has 0 amide bonds. The molecule has 0 saturated carbocycles. The molecule has 0 N–H and O–H groups in total. The van der Waals surface area contributed by atoms with Gasteiger partial charge < -0.3 is 4.74 Å². The third kappa shape index (κ3) is 4.56. The number of hydrogen-bond donors (Lipinski definition) is 0. The summed E-state index contributed by atoms with van der Waals surface area (Å²) in [5.74, 6) is 0. The van der Waals surface area contributed by atoms with Gasteiger partial charge in [0.25, 0.3) is 0 Å². The normalized spacial score (nSPS) is 17.8. The second-order valence-corrected chi connectivity index (χ2v) is 7.63. The number of nitrogens with zero attached hydrogens (tertiary/aromatic N) is 3. The molecule has 2 heterocycles. The Morgan fingerprint density at radius 1 is 1.15 bits per heavy atom. The number of rotatable bonds is 5. The first-order valence-electron chi connectivity index (χ1n) is 8.97. The van der Waals surface area contributed by atoms with Crippen LogP contribution in [0.3, 0.4) is 0 Å². The van der Waals surface area contributed by atoms with E-state index in [1.54, 1.807) is 11.3 Å². The number of ether oxygens (including phenoxy) is 1. The van der Waals surface area contributed by atoms with E-state index in [0.29, 0.717) is 6.54 Å². The van der Waals surface area contributed by atoms with E-state index in [9.17, 15) is 0 Å². The lowest BCUT2D eigenvalue weighted by molar-refractivity contribution is 0.117. The number of benzene rings is 2. The van der Waals surface area contributed by atoms with Crippen molar-refractivity contribution in [3.8, 4) is 11.3 Å². The molecule has 4 rings (SSSR count). The van der Waals surface area contributed by atoms with E-state index in [0.717, 1.165) is 46.1 Å². The van der Waals surface area contributed by atoms with E-state index in [1.165, 1.54) is 0 Å². The zero-order chi connectivity index (χ0) is 18.5. The van der Waals surface area contributed by atoms with Gasteiger partial charge in [-0.25, -0.2) is 4.68 Å². The molecule has 0 aliphatic carbocycles. The molecule has 6 heteroatoms. The molecule has 1 fully saturated rings. The van der Waals surface area contributed by atoms with E-state index in [1.807, 2.05) is 65.5 Å². The molecule has 1 aliphatic heterocycles. The highest BCUT2D eigenvalue weighted by atomic mass is 35.5. The van der Waals surface area contributed by atoms with Crippen molar-refractivity contribution in [3.05, 3.63) is 75.4 Å². The van der Waals surface area contributed by atoms with Crippen molar-refractivity contribution in [1.29, 1.82) is 0 Å². The lowest BCUT2D eigenvalue weighted by Gasteiger charge is -2.06. The van der Waals surface area contributed by atoms with Crippen LogP contribution in [0.4, 0.5) is 0 Å². The first-order valence-corrected chi connectivity index (χ1v) is 10.2. The molecule has 0 spiro atoms. The average Bonchev–Trinajstić information content (AvgIpc) is 3.36. The van der Waals surface area contributed by atoms with Gasteiger partial charge in [-0.3, -0.25) is 4.99 Å². The largest absolute Gasteiger partial charge is 0.376 e. The first kappa shape index (κ1) is 18.2. The van der Waals surface area contributed by atoms with Gasteiger partial charge in [-0.05, 0) is 30.5 Å². The van der Waals surface area contributed by atoms with Gasteiger partial charge in [0.15, 0.2) is 0 Å². The number of hydrogen-bond acceptors (Lipinski definition) is 4. The molecule has 1 atom stereocenters. The molecule has 2 aromatic carbocycles. The van der Waals surface area contributed by atoms with Gasteiger partial charge in [0.2, 0.25) is 4.80 Å². The number of halogens is 1. The van der Waals surface area contributed by atoms with Crippen molar-refractivity contribution >= 4 is 29.2 Å². The van der Waals surface area contributed by atoms with Crippen LogP contribution in [0, 0.1) is 0 Å². The zero-order valence-corrected chi connectivity index (χ0v) is 16.4. The lowest BCUT2D eigenvalue weighted by Crippen LogP contribution is -2.17. The Morgan fingerprint density at radius 2 is 1.96 bits per heavy atom. The predicted molar refractivity (Wildman–Crippen MR) is 112 cm³/mol. The Hall–Kier alpha value is -2.21. The first-order chi connectivity index (χ1) is 13.3. The van der Waals surface area contributed by atoms with Gasteiger partial charge in [-0.2, -0.15) is 5.10 Å². The summed E-state index contributed by atoms with van der Waals surface area (Å²) in [6.45, 7) is 1.51. The third-order valence-electron chi connectivity index (χ3n) is 4.40. The van der Waals surface area contributed by atoms with Gasteiger partial charge >= 0.3 is 0 Å². The van der Waals surface area contributed by atoms with Crippen molar-refractivity contribution in [2.45, 2.75) is 18.9 Å². The van der Waals surface area contributed by atoms with E-state index in [4.69, 9.17) is 26.4 Å². The summed E-state index contributed by atoms with van der Waals surface area (Å²) in [4.78, 5) is 5.64. The SMILES string of the molecule is Clc1ccc(-c2csc(=NCC3CCCO3)n2N=Cc2ccccc2)cc1. The van der Waals surface area contributed by atoms with Crippen molar-refractivity contribution < 1.29 is 4.74 Å². The smallest absolute Gasteiger partial charge is 0.206 e. The third-order valence-corrected chi connectivity index (χ3v) is 5.51. The Bertz CT molecular complexity index is 971. The maximum atomic E-state index is 6.04. The Kier molecular flexibility index (Phi) is 5.82. The molecule has 4 nitrogen and oxygen atoms in total. The minimum Gasteiger partial charge on any atom is -0.376 e. The van der Waals surface area contributed by atoms with Crippen molar-refractivity contribution in [3.63, 3.8) is 0 Å². The van der Waals surface area contributed by atoms with E-state index in [2.05, 4.69) is 5.38 Å². The highest BCUT2D eigenvalue weighted by Gasteiger charge is 2.15. The summed E-state index contributed by atoms with van der Waals surface area (Å²) < 4.78 is 7.60. The molecule has 0 radical (unpaired) electrons. The highest BCUT2D eigenvalue weighted by Crippen LogP contribution is 2.22. The topological polar surface area (TPSA) is 38.9 Å². The molecule has 1 saturated heterocycles. The van der Waals surface area contributed by atoms with Crippen LogP contribution in [0.1, 0.15) is 18.4 Å². The summed E-state index contributed by atoms with van der Waals surface area (Å²) >= 11 is 7.63. The lowest BCUT2D eigenvalue weighted by atomic mass is 10.2. The van der Waals surface area contributed by atoms with Gasteiger partial charge in [0, 0.05) is 22.6 Å². The van der Waals surface area contributed by atoms with Gasteiger partial charge in [-0.15, -0.1) is 11.3 Å². The fraction of sp³-hybridized carbons (Fsp3) is 0.238. The standard InChI is InChI=1S/C21H20ClN3OS/c22-18-10-8-17(9-11-18)20-15-27-21(23-14-19-7-4-12-26-19)25(20)24-13-16-5-2-1-3-6-16/h1-3,5-6,8-11,13,15,19H,4,7,12,14H2. The molecule has 27 heavy (non-hydrogen) atoms. The van der Waals surface area contributed by atoms with Crippen LogP contribution in [0.15, 0.2) is 70.1 Å². The van der Waals surface area contributed by atoms with Crippen molar-refractivity contribution in [2.75, 3.05) is 13.2 Å². The van der Waals surface area contributed by atoms with E-state index in [-0.39, 0.29) is 6.10 Å². The molecule has 0 bridgehead atoms. The maximum Gasteiger partial charge on any atom is 0.206 e. The fourth-order valence-corrected chi connectivity index (χ4v) is 3.94. The molecule has 1 unspecified atom stereocenters. The second-order valence-electron chi connectivity index (χ2n) is 6.35. The minimum atomic E-state index is 0.220. The minimum absolute atomic E-state index is 0.220. The van der Waals surface area contributed by atoms with Crippen LogP contribution in [0.5, 0.6) is 0 Å². The predicted octanol–water partition coefficient (Wildman–Crippen LogP) is 4.83. The van der Waals surface area contributed by atoms with Gasteiger partial charge in [0.1, 0.15) is 0 Å². The zero-order valence-electron chi connectivity index (χ0n) is 14.8.